The minimum Gasteiger partial charge on any atom is -0.480 e. The van der Waals surface area contributed by atoms with Crippen LogP contribution in [0.5, 0.6) is 0 Å². The van der Waals surface area contributed by atoms with Gasteiger partial charge >= 0.3 is 5.97 Å². The van der Waals surface area contributed by atoms with E-state index in [0.29, 0.717) is 10.6 Å². The monoisotopic (exact) mass is 313 g/mol. The fourth-order valence-electron chi connectivity index (χ4n) is 1.87. The first-order valence-corrected chi connectivity index (χ1v) is 7.06. The van der Waals surface area contributed by atoms with Gasteiger partial charge in [-0.25, -0.2) is 4.79 Å². The van der Waals surface area contributed by atoms with Crippen molar-refractivity contribution in [3.63, 3.8) is 0 Å². The summed E-state index contributed by atoms with van der Waals surface area (Å²) in [6, 6.07) is 4.00. The molecule has 0 bridgehead atoms. The van der Waals surface area contributed by atoms with Crippen molar-refractivity contribution < 1.29 is 19.4 Å². The van der Waals surface area contributed by atoms with Crippen molar-refractivity contribution >= 4 is 23.5 Å². The number of nitrogens with one attached hydrogen (secondary N) is 1. The average Bonchev–Trinajstić information content (AvgIpc) is 2.42. The van der Waals surface area contributed by atoms with E-state index in [9.17, 15) is 9.59 Å². The molecule has 0 saturated carbocycles. The molecular formula is C15H20ClNO4. The van der Waals surface area contributed by atoms with Crippen molar-refractivity contribution in [1.29, 1.82) is 0 Å². The van der Waals surface area contributed by atoms with Crippen LogP contribution in [-0.4, -0.2) is 36.7 Å². The molecular weight excluding hydrogens is 294 g/mol. The van der Waals surface area contributed by atoms with Crippen molar-refractivity contribution in [2.24, 2.45) is 0 Å². The summed E-state index contributed by atoms with van der Waals surface area (Å²) in [5, 5.41) is 12.0. The molecule has 2 N–H and O–H groups in total. The summed E-state index contributed by atoms with van der Waals surface area (Å²) in [5.41, 5.74) is 1.29. The van der Waals surface area contributed by atoms with E-state index in [0.717, 1.165) is 5.56 Å². The third-order valence-electron chi connectivity index (χ3n) is 3.10. The van der Waals surface area contributed by atoms with Gasteiger partial charge in [0.15, 0.2) is 0 Å². The number of methoxy groups -OCH3 is 1. The summed E-state index contributed by atoms with van der Waals surface area (Å²) < 4.78 is 4.84. The molecule has 1 amide bonds. The van der Waals surface area contributed by atoms with E-state index >= 15 is 0 Å². The lowest BCUT2D eigenvalue weighted by Crippen LogP contribution is -2.41. The molecule has 0 radical (unpaired) electrons. The summed E-state index contributed by atoms with van der Waals surface area (Å²) in [6.07, 6.45) is 0.204. The maximum Gasteiger partial charge on any atom is 0.326 e. The summed E-state index contributed by atoms with van der Waals surface area (Å²) in [7, 11) is 1.48. The van der Waals surface area contributed by atoms with Gasteiger partial charge in [0.25, 0.3) is 5.91 Å². The fraction of sp³-hybridized carbons (Fsp3) is 0.467. The number of halogens is 1. The van der Waals surface area contributed by atoms with Gasteiger partial charge in [-0.05, 0) is 23.6 Å². The van der Waals surface area contributed by atoms with Gasteiger partial charge in [0.1, 0.15) is 6.04 Å². The number of carboxylic acids is 1. The third kappa shape index (κ3) is 5.02. The van der Waals surface area contributed by atoms with Crippen LogP contribution in [0.15, 0.2) is 18.2 Å². The molecule has 0 spiro atoms. The Morgan fingerprint density at radius 3 is 2.52 bits per heavy atom. The molecule has 1 unspecified atom stereocenters. The van der Waals surface area contributed by atoms with Gasteiger partial charge in [-0.2, -0.15) is 0 Å². The Hall–Kier alpha value is -1.59. The van der Waals surface area contributed by atoms with Crippen molar-refractivity contribution in [2.45, 2.75) is 32.2 Å². The number of carbonyl (C=O) groups excluding carboxylic acids is 1. The maximum absolute atomic E-state index is 12.1. The van der Waals surface area contributed by atoms with Crippen LogP contribution in [0.4, 0.5) is 0 Å². The van der Waals surface area contributed by atoms with E-state index in [1.807, 2.05) is 13.8 Å². The van der Waals surface area contributed by atoms with E-state index in [4.69, 9.17) is 21.4 Å². The number of benzene rings is 1. The van der Waals surface area contributed by atoms with Gasteiger partial charge in [-0.15, -0.1) is 0 Å². The normalized spacial score (nSPS) is 12.2. The lowest BCUT2D eigenvalue weighted by atomic mass is 10.0. The van der Waals surface area contributed by atoms with Crippen LogP contribution in [0.25, 0.3) is 0 Å². The summed E-state index contributed by atoms with van der Waals surface area (Å²) in [5.74, 6) is -1.30. The van der Waals surface area contributed by atoms with Gasteiger partial charge in [0, 0.05) is 30.7 Å². The molecule has 5 nitrogen and oxygen atoms in total. The number of aliphatic carboxylic acids is 1. The first kappa shape index (κ1) is 17.5. The minimum atomic E-state index is -1.09. The largest absolute Gasteiger partial charge is 0.480 e. The highest BCUT2D eigenvalue weighted by Crippen LogP contribution is 2.25. The molecule has 0 fully saturated rings. The molecule has 0 aliphatic heterocycles. The number of hydrogen-bond acceptors (Lipinski definition) is 3. The summed E-state index contributed by atoms with van der Waals surface area (Å²) in [6.45, 7) is 4.27. The Labute approximate surface area is 129 Å². The van der Waals surface area contributed by atoms with Gasteiger partial charge in [0.05, 0.1) is 0 Å². The second-order valence-electron chi connectivity index (χ2n) is 5.04. The minimum absolute atomic E-state index is 0.204. The molecule has 0 aliphatic rings. The highest BCUT2D eigenvalue weighted by atomic mass is 35.5. The molecule has 21 heavy (non-hydrogen) atoms. The Balaban J connectivity index is 2.83. The Morgan fingerprint density at radius 2 is 2.05 bits per heavy atom. The smallest absolute Gasteiger partial charge is 0.326 e. The van der Waals surface area contributed by atoms with Crippen LogP contribution in [-0.2, 0) is 9.53 Å². The molecule has 116 valence electrons. The second-order valence-corrected chi connectivity index (χ2v) is 5.44. The molecule has 1 rings (SSSR count). The quantitative estimate of drug-likeness (QED) is 0.811. The van der Waals surface area contributed by atoms with Crippen molar-refractivity contribution in [2.75, 3.05) is 13.7 Å². The van der Waals surface area contributed by atoms with Gasteiger partial charge in [-0.1, -0.05) is 31.5 Å². The number of hydrogen-bond donors (Lipinski definition) is 2. The fourth-order valence-corrected chi connectivity index (χ4v) is 2.27. The van der Waals surface area contributed by atoms with Crippen molar-refractivity contribution in [3.8, 4) is 0 Å². The lowest BCUT2D eigenvalue weighted by Gasteiger charge is -2.15. The number of ether oxygens (including phenoxy) is 1. The zero-order valence-electron chi connectivity index (χ0n) is 12.4. The van der Waals surface area contributed by atoms with E-state index < -0.39 is 17.9 Å². The highest BCUT2D eigenvalue weighted by Gasteiger charge is 2.20. The zero-order chi connectivity index (χ0) is 16.0. The Kier molecular flexibility index (Phi) is 6.65. The Bertz CT molecular complexity index is 516. The van der Waals surface area contributed by atoms with Crippen LogP contribution >= 0.6 is 11.6 Å². The molecule has 0 saturated heterocycles. The molecule has 6 heteroatoms. The first-order valence-electron chi connectivity index (χ1n) is 6.68. The van der Waals surface area contributed by atoms with E-state index in [1.54, 1.807) is 18.2 Å². The predicted molar refractivity (Wildman–Crippen MR) is 80.9 cm³/mol. The van der Waals surface area contributed by atoms with Gasteiger partial charge < -0.3 is 15.2 Å². The Morgan fingerprint density at radius 1 is 1.38 bits per heavy atom. The average molecular weight is 314 g/mol. The predicted octanol–water partition coefficient (Wildman–Crippen LogP) is 2.68. The van der Waals surface area contributed by atoms with Crippen LogP contribution in [0.3, 0.4) is 0 Å². The topological polar surface area (TPSA) is 75.6 Å². The molecule has 1 aromatic rings. The SMILES string of the molecule is COCCC(NC(=O)c1ccc(C(C)C)c(Cl)c1)C(=O)O. The van der Waals surface area contributed by atoms with Crippen LogP contribution < -0.4 is 5.32 Å². The number of rotatable bonds is 7. The van der Waals surface area contributed by atoms with E-state index in [1.165, 1.54) is 7.11 Å². The maximum atomic E-state index is 12.1. The highest BCUT2D eigenvalue weighted by molar-refractivity contribution is 6.31. The van der Waals surface area contributed by atoms with Crippen LogP contribution in [0.2, 0.25) is 5.02 Å². The molecule has 0 aliphatic carbocycles. The molecule has 0 heterocycles. The third-order valence-corrected chi connectivity index (χ3v) is 3.43. The molecule has 1 atom stereocenters. The first-order chi connectivity index (χ1) is 9.86. The number of carbonyl (C=O) groups is 2. The molecule has 1 aromatic carbocycles. The zero-order valence-corrected chi connectivity index (χ0v) is 13.1. The summed E-state index contributed by atoms with van der Waals surface area (Å²) >= 11 is 6.13. The van der Waals surface area contributed by atoms with E-state index in [-0.39, 0.29) is 18.9 Å². The van der Waals surface area contributed by atoms with Crippen molar-refractivity contribution in [1.82, 2.24) is 5.32 Å². The second kappa shape index (κ2) is 8.00. The summed E-state index contributed by atoms with van der Waals surface area (Å²) in [4.78, 5) is 23.2. The van der Waals surface area contributed by atoms with E-state index in [2.05, 4.69) is 5.32 Å². The standard InChI is InChI=1S/C15H20ClNO4/c1-9(2)11-5-4-10(8-12(11)16)14(18)17-13(15(19)20)6-7-21-3/h4-5,8-9,13H,6-7H2,1-3H3,(H,17,18)(H,19,20). The van der Waals surface area contributed by atoms with Gasteiger partial charge in [-0.3, -0.25) is 4.79 Å². The molecule has 0 aromatic heterocycles. The lowest BCUT2D eigenvalue weighted by molar-refractivity contribution is -0.139. The van der Waals surface area contributed by atoms with Crippen molar-refractivity contribution in [3.05, 3.63) is 34.3 Å². The van der Waals surface area contributed by atoms with Crippen LogP contribution in [0.1, 0.15) is 42.1 Å². The number of amides is 1. The van der Waals surface area contributed by atoms with Gasteiger partial charge in [0.2, 0.25) is 0 Å². The number of carboxylic acid groups (broad SMARTS) is 1. The van der Waals surface area contributed by atoms with Crippen LogP contribution in [0, 0.1) is 0 Å².